The maximum atomic E-state index is 12.8. The van der Waals surface area contributed by atoms with Crippen LogP contribution in [0.1, 0.15) is 57.4 Å². The van der Waals surface area contributed by atoms with Gasteiger partial charge in [0.2, 0.25) is 5.72 Å². The third-order valence-corrected chi connectivity index (χ3v) is 6.88. The first kappa shape index (κ1) is 23.2. The number of allylic oxidation sites excluding steroid dienone is 4. The second kappa shape index (κ2) is 8.41. The SMILES string of the molecule is C=C1/C(=C\C=C(/C)C(=O)c2ccccc2)N(C)C2(C=Cc3cc(C=O)cc(C=O)c3O2)C1(C)C. The largest absolute Gasteiger partial charge is 0.462 e. The van der Waals surface area contributed by atoms with Crippen LogP contribution in [-0.4, -0.2) is 36.0 Å². The van der Waals surface area contributed by atoms with Crippen LogP contribution in [0, 0.1) is 5.41 Å². The molecule has 2 heterocycles. The Kier molecular flexibility index (Phi) is 5.74. The van der Waals surface area contributed by atoms with Gasteiger partial charge in [-0.05, 0) is 62.3 Å². The Hall–Kier alpha value is -3.99. The maximum absolute atomic E-state index is 12.8. The van der Waals surface area contributed by atoms with Crippen molar-refractivity contribution in [1.29, 1.82) is 0 Å². The van der Waals surface area contributed by atoms with Gasteiger partial charge in [-0.25, -0.2) is 0 Å². The summed E-state index contributed by atoms with van der Waals surface area (Å²) in [5, 5.41) is 0. The molecule has 0 aromatic heterocycles. The highest BCUT2D eigenvalue weighted by Crippen LogP contribution is 2.56. The zero-order valence-electron chi connectivity index (χ0n) is 19.8. The van der Waals surface area contributed by atoms with Crippen molar-refractivity contribution in [1.82, 2.24) is 4.90 Å². The molecule has 2 aliphatic heterocycles. The van der Waals surface area contributed by atoms with E-state index in [9.17, 15) is 14.4 Å². The molecule has 34 heavy (non-hydrogen) atoms. The summed E-state index contributed by atoms with van der Waals surface area (Å²) in [6.07, 6.45) is 8.93. The van der Waals surface area contributed by atoms with Crippen molar-refractivity contribution in [3.05, 3.63) is 106 Å². The normalized spacial score (nSPS) is 22.0. The molecule has 1 saturated heterocycles. The number of hydrogen-bond donors (Lipinski definition) is 0. The minimum Gasteiger partial charge on any atom is -0.462 e. The molecule has 5 nitrogen and oxygen atoms in total. The Morgan fingerprint density at radius 3 is 2.44 bits per heavy atom. The fourth-order valence-corrected chi connectivity index (χ4v) is 4.65. The van der Waals surface area contributed by atoms with E-state index >= 15 is 0 Å². The number of benzene rings is 2. The van der Waals surface area contributed by atoms with Crippen LogP contribution < -0.4 is 4.74 Å². The topological polar surface area (TPSA) is 63.7 Å². The quantitative estimate of drug-likeness (QED) is 0.332. The van der Waals surface area contributed by atoms with Crippen molar-refractivity contribution in [3.63, 3.8) is 0 Å². The summed E-state index contributed by atoms with van der Waals surface area (Å²) in [6, 6.07) is 12.4. The molecule has 5 heteroatoms. The molecule has 1 atom stereocenters. The van der Waals surface area contributed by atoms with Crippen LogP contribution in [0.25, 0.3) is 6.08 Å². The average molecular weight is 454 g/mol. The smallest absolute Gasteiger partial charge is 0.211 e. The van der Waals surface area contributed by atoms with Crippen molar-refractivity contribution in [2.75, 3.05) is 7.05 Å². The van der Waals surface area contributed by atoms with E-state index in [1.54, 1.807) is 31.2 Å². The Labute approximate surface area is 199 Å². The summed E-state index contributed by atoms with van der Waals surface area (Å²) >= 11 is 0. The Morgan fingerprint density at radius 1 is 1.09 bits per heavy atom. The van der Waals surface area contributed by atoms with E-state index < -0.39 is 11.1 Å². The molecular weight excluding hydrogens is 426 g/mol. The van der Waals surface area contributed by atoms with Crippen molar-refractivity contribution >= 4 is 24.4 Å². The van der Waals surface area contributed by atoms with Crippen LogP contribution in [0.2, 0.25) is 0 Å². The summed E-state index contributed by atoms with van der Waals surface area (Å²) in [6.45, 7) is 10.2. The molecular formula is C29H27NO4. The number of ketones is 1. The molecule has 1 spiro atoms. The first-order valence-electron chi connectivity index (χ1n) is 11.0. The van der Waals surface area contributed by atoms with Crippen LogP contribution >= 0.6 is 0 Å². The zero-order valence-corrected chi connectivity index (χ0v) is 19.8. The van der Waals surface area contributed by atoms with Crippen LogP contribution in [-0.2, 0) is 0 Å². The first-order valence-corrected chi connectivity index (χ1v) is 11.0. The van der Waals surface area contributed by atoms with E-state index in [0.717, 1.165) is 11.3 Å². The van der Waals surface area contributed by atoms with Gasteiger partial charge < -0.3 is 9.64 Å². The molecule has 2 aromatic carbocycles. The van der Waals surface area contributed by atoms with E-state index in [2.05, 4.69) is 6.58 Å². The summed E-state index contributed by atoms with van der Waals surface area (Å²) in [5.74, 6) is 0.394. The summed E-state index contributed by atoms with van der Waals surface area (Å²) in [4.78, 5) is 37.8. The number of hydrogen-bond acceptors (Lipinski definition) is 5. The van der Waals surface area contributed by atoms with Gasteiger partial charge in [0.1, 0.15) is 12.0 Å². The third kappa shape index (κ3) is 3.45. The molecule has 0 N–H and O–H groups in total. The number of fused-ring (bicyclic) bond motifs is 1. The molecule has 172 valence electrons. The van der Waals surface area contributed by atoms with Gasteiger partial charge in [-0.2, -0.15) is 0 Å². The van der Waals surface area contributed by atoms with E-state index in [-0.39, 0.29) is 5.78 Å². The Balaban J connectivity index is 1.74. The predicted octanol–water partition coefficient (Wildman–Crippen LogP) is 5.65. The Bertz CT molecular complexity index is 1300. The highest BCUT2D eigenvalue weighted by molar-refractivity contribution is 6.08. The van der Waals surface area contributed by atoms with E-state index in [1.165, 1.54) is 6.07 Å². The molecule has 0 radical (unpaired) electrons. The van der Waals surface area contributed by atoms with Crippen molar-refractivity contribution in [2.24, 2.45) is 5.41 Å². The molecule has 1 unspecified atom stereocenters. The van der Waals surface area contributed by atoms with Gasteiger partial charge >= 0.3 is 0 Å². The monoisotopic (exact) mass is 453 g/mol. The molecule has 0 bridgehead atoms. The number of ether oxygens (including phenoxy) is 1. The van der Waals surface area contributed by atoms with Crippen LogP contribution in [0.15, 0.2) is 84.1 Å². The number of Topliss-reactive ketones (excluding diaryl/α,β-unsaturated/α-hetero) is 1. The molecule has 2 aliphatic rings. The van der Waals surface area contributed by atoms with Gasteiger partial charge in [0.05, 0.1) is 11.0 Å². The van der Waals surface area contributed by atoms with Crippen LogP contribution in [0.3, 0.4) is 0 Å². The molecule has 0 amide bonds. The number of likely N-dealkylation sites (N-methyl/N-ethyl adjacent to an activating group) is 1. The zero-order chi connectivity index (χ0) is 24.7. The lowest BCUT2D eigenvalue weighted by atomic mass is 9.76. The lowest BCUT2D eigenvalue weighted by Gasteiger charge is -2.45. The molecule has 0 saturated carbocycles. The highest BCUT2D eigenvalue weighted by Gasteiger charge is 2.59. The Morgan fingerprint density at radius 2 is 1.79 bits per heavy atom. The minimum absolute atomic E-state index is 0.0398. The maximum Gasteiger partial charge on any atom is 0.211 e. The summed E-state index contributed by atoms with van der Waals surface area (Å²) in [5.41, 5.74) is 2.83. The molecule has 2 aromatic rings. The van der Waals surface area contributed by atoms with E-state index in [4.69, 9.17) is 4.74 Å². The van der Waals surface area contributed by atoms with Gasteiger partial charge in [0.25, 0.3) is 0 Å². The number of likely N-dealkylation sites (tertiary alicyclic amines) is 1. The second-order valence-electron chi connectivity index (χ2n) is 9.16. The highest BCUT2D eigenvalue weighted by atomic mass is 16.5. The average Bonchev–Trinajstić information content (AvgIpc) is 2.99. The summed E-state index contributed by atoms with van der Waals surface area (Å²) in [7, 11) is 1.91. The molecule has 4 rings (SSSR count). The van der Waals surface area contributed by atoms with Gasteiger partial charge in [0.15, 0.2) is 12.1 Å². The van der Waals surface area contributed by atoms with Crippen molar-refractivity contribution < 1.29 is 19.1 Å². The lowest BCUT2D eigenvalue weighted by molar-refractivity contribution is -0.0549. The van der Waals surface area contributed by atoms with Gasteiger partial charge in [-0.1, -0.05) is 43.0 Å². The van der Waals surface area contributed by atoms with Gasteiger partial charge in [-0.15, -0.1) is 0 Å². The third-order valence-electron chi connectivity index (χ3n) is 6.88. The van der Waals surface area contributed by atoms with E-state index in [1.807, 2.05) is 62.2 Å². The predicted molar refractivity (Wildman–Crippen MR) is 133 cm³/mol. The molecule has 0 aliphatic carbocycles. The first-order chi connectivity index (χ1) is 16.2. The minimum atomic E-state index is -0.936. The molecule has 1 fully saturated rings. The number of carbonyl (C=O) groups excluding carboxylic acids is 3. The second-order valence-corrected chi connectivity index (χ2v) is 9.16. The fraction of sp³-hybridized carbons (Fsp3) is 0.207. The van der Waals surface area contributed by atoms with Crippen LogP contribution in [0.4, 0.5) is 0 Å². The van der Waals surface area contributed by atoms with Crippen molar-refractivity contribution in [2.45, 2.75) is 26.5 Å². The number of carbonyl (C=O) groups is 3. The van der Waals surface area contributed by atoms with Gasteiger partial charge in [0, 0.05) is 29.4 Å². The van der Waals surface area contributed by atoms with Gasteiger partial charge in [-0.3, -0.25) is 14.4 Å². The summed E-state index contributed by atoms with van der Waals surface area (Å²) < 4.78 is 6.56. The van der Waals surface area contributed by atoms with Crippen LogP contribution in [0.5, 0.6) is 5.75 Å². The standard InChI is InChI=1S/C29H27NO4/c1-19(26(33)22-9-7-6-8-10-22)11-12-25-20(2)28(3,4)29(30(25)5)14-13-23-15-21(17-31)16-24(18-32)27(23)34-29/h6-18H,2H2,1,3-5H3/b19-11+,25-12+. The van der Waals surface area contributed by atoms with Crippen molar-refractivity contribution in [3.8, 4) is 5.75 Å². The number of aldehydes is 2. The lowest BCUT2D eigenvalue weighted by Crippen LogP contribution is -2.54. The fourth-order valence-electron chi connectivity index (χ4n) is 4.65. The number of rotatable bonds is 5. The number of nitrogens with zero attached hydrogens (tertiary/aromatic N) is 1. The van der Waals surface area contributed by atoms with E-state index in [0.29, 0.717) is 46.1 Å².